The van der Waals surface area contributed by atoms with Crippen molar-refractivity contribution in [3.05, 3.63) is 21.3 Å². The smallest absolute Gasteiger partial charge is 0.311 e. The number of carbonyl (C=O) groups is 2. The minimum Gasteiger partial charge on any atom is -0.481 e. The van der Waals surface area contributed by atoms with Gasteiger partial charge in [0.1, 0.15) is 0 Å². The number of carbonyl (C=O) groups excluding carboxylic acids is 1. The highest BCUT2D eigenvalue weighted by Gasteiger charge is 2.48. The number of thiophene rings is 1. The van der Waals surface area contributed by atoms with Gasteiger partial charge in [0.15, 0.2) is 0 Å². The van der Waals surface area contributed by atoms with Crippen molar-refractivity contribution in [3.63, 3.8) is 0 Å². The molecule has 1 N–H and O–H groups in total. The minimum atomic E-state index is -0.804. The Bertz CT molecular complexity index is 528. The van der Waals surface area contributed by atoms with E-state index in [1.165, 1.54) is 11.3 Å². The Morgan fingerprint density at radius 2 is 2.20 bits per heavy atom. The summed E-state index contributed by atoms with van der Waals surface area (Å²) in [6.07, 6.45) is 0.822. The lowest BCUT2D eigenvalue weighted by Gasteiger charge is -2.28. The van der Waals surface area contributed by atoms with Crippen molar-refractivity contribution >= 4 is 34.8 Å². The van der Waals surface area contributed by atoms with Gasteiger partial charge in [0, 0.05) is 18.0 Å². The van der Waals surface area contributed by atoms with Crippen molar-refractivity contribution in [2.75, 3.05) is 13.1 Å². The molecule has 1 aromatic rings. The Morgan fingerprint density at radius 3 is 2.65 bits per heavy atom. The molecule has 0 saturated carbocycles. The first-order valence-electron chi connectivity index (χ1n) is 6.60. The van der Waals surface area contributed by atoms with Gasteiger partial charge in [-0.15, -0.1) is 11.3 Å². The van der Waals surface area contributed by atoms with Crippen LogP contribution in [0.4, 0.5) is 0 Å². The first kappa shape index (κ1) is 15.3. The van der Waals surface area contributed by atoms with E-state index in [-0.39, 0.29) is 11.8 Å². The van der Waals surface area contributed by atoms with E-state index in [1.807, 2.05) is 19.9 Å². The molecule has 0 spiro atoms. The summed E-state index contributed by atoms with van der Waals surface area (Å²) in [5, 5.41) is 9.47. The van der Waals surface area contributed by atoms with Crippen molar-refractivity contribution in [2.45, 2.75) is 26.7 Å². The fourth-order valence-electron chi connectivity index (χ4n) is 2.65. The van der Waals surface area contributed by atoms with E-state index in [0.717, 1.165) is 4.88 Å². The quantitative estimate of drug-likeness (QED) is 0.929. The van der Waals surface area contributed by atoms with Crippen LogP contribution in [0.25, 0.3) is 0 Å². The highest BCUT2D eigenvalue weighted by atomic mass is 35.5. The zero-order chi connectivity index (χ0) is 14.9. The molecule has 1 aromatic heterocycles. The van der Waals surface area contributed by atoms with Gasteiger partial charge in [0.25, 0.3) is 0 Å². The molecule has 0 aromatic carbocycles. The van der Waals surface area contributed by atoms with Crippen molar-refractivity contribution in [1.29, 1.82) is 0 Å². The van der Waals surface area contributed by atoms with Crippen LogP contribution in [0.5, 0.6) is 0 Å². The molecular formula is C14H18ClNO3S. The fourth-order valence-corrected chi connectivity index (χ4v) is 3.72. The molecule has 1 aliphatic rings. The van der Waals surface area contributed by atoms with Gasteiger partial charge in [-0.1, -0.05) is 25.4 Å². The third-order valence-electron chi connectivity index (χ3n) is 4.14. The molecule has 2 rings (SSSR count). The van der Waals surface area contributed by atoms with E-state index in [0.29, 0.717) is 30.3 Å². The van der Waals surface area contributed by atoms with Crippen LogP contribution in [0.15, 0.2) is 12.1 Å². The molecule has 110 valence electrons. The van der Waals surface area contributed by atoms with Gasteiger partial charge in [0.2, 0.25) is 5.91 Å². The summed E-state index contributed by atoms with van der Waals surface area (Å²) in [4.78, 5) is 26.4. The standard InChI is InChI=1S/C14H18ClNO3S/c1-9(2)14(13(18)19)5-6-16(8-14)12(17)7-10-3-4-11(15)20-10/h3-4,9H,5-8H2,1-2H3,(H,18,19). The van der Waals surface area contributed by atoms with Crippen LogP contribution in [0, 0.1) is 11.3 Å². The average Bonchev–Trinajstić information content (AvgIpc) is 2.96. The summed E-state index contributed by atoms with van der Waals surface area (Å²) in [7, 11) is 0. The number of aliphatic carboxylic acids is 1. The predicted octanol–water partition coefficient (Wildman–Crippen LogP) is 2.90. The second-order valence-corrected chi connectivity index (χ2v) is 7.36. The molecule has 0 aliphatic carbocycles. The summed E-state index contributed by atoms with van der Waals surface area (Å²) < 4.78 is 0.663. The van der Waals surface area contributed by atoms with Crippen molar-refractivity contribution in [2.24, 2.45) is 11.3 Å². The van der Waals surface area contributed by atoms with Crippen LogP contribution in [-0.4, -0.2) is 35.0 Å². The van der Waals surface area contributed by atoms with Gasteiger partial charge in [-0.25, -0.2) is 0 Å². The van der Waals surface area contributed by atoms with E-state index in [4.69, 9.17) is 11.6 Å². The molecule has 20 heavy (non-hydrogen) atoms. The number of nitrogens with zero attached hydrogens (tertiary/aromatic N) is 1. The molecule has 4 nitrogen and oxygen atoms in total. The summed E-state index contributed by atoms with van der Waals surface area (Å²) in [5.41, 5.74) is -0.803. The average molecular weight is 316 g/mol. The van der Waals surface area contributed by atoms with Crippen LogP contribution in [0.3, 0.4) is 0 Å². The lowest BCUT2D eigenvalue weighted by Crippen LogP contribution is -2.40. The topological polar surface area (TPSA) is 57.6 Å². The number of likely N-dealkylation sites (tertiary alicyclic amines) is 1. The third kappa shape index (κ3) is 2.83. The zero-order valence-electron chi connectivity index (χ0n) is 11.6. The second-order valence-electron chi connectivity index (χ2n) is 5.56. The molecule has 1 unspecified atom stereocenters. The highest BCUT2D eigenvalue weighted by molar-refractivity contribution is 7.16. The first-order chi connectivity index (χ1) is 9.35. The SMILES string of the molecule is CC(C)C1(C(=O)O)CCN(C(=O)Cc2ccc(Cl)s2)C1. The molecule has 0 bridgehead atoms. The monoisotopic (exact) mass is 315 g/mol. The first-order valence-corrected chi connectivity index (χ1v) is 7.80. The molecule has 1 fully saturated rings. The maximum atomic E-state index is 12.3. The van der Waals surface area contributed by atoms with E-state index in [1.54, 1.807) is 11.0 Å². The predicted molar refractivity (Wildman–Crippen MR) is 79.1 cm³/mol. The summed E-state index contributed by atoms with van der Waals surface area (Å²) in [6, 6.07) is 3.61. The fraction of sp³-hybridized carbons (Fsp3) is 0.571. The molecule has 6 heteroatoms. The maximum Gasteiger partial charge on any atom is 0.311 e. The molecule has 1 aliphatic heterocycles. The number of hydrogen-bond donors (Lipinski definition) is 1. The number of carboxylic acids is 1. The van der Waals surface area contributed by atoms with E-state index in [2.05, 4.69) is 0 Å². The van der Waals surface area contributed by atoms with Crippen LogP contribution < -0.4 is 0 Å². The lowest BCUT2D eigenvalue weighted by atomic mass is 9.76. The summed E-state index contributed by atoms with van der Waals surface area (Å²) in [6.45, 7) is 4.63. The van der Waals surface area contributed by atoms with Gasteiger partial charge < -0.3 is 10.0 Å². The molecular weight excluding hydrogens is 298 g/mol. The van der Waals surface area contributed by atoms with Crippen LogP contribution in [0.1, 0.15) is 25.1 Å². The Balaban J connectivity index is 2.05. The van der Waals surface area contributed by atoms with Gasteiger partial charge >= 0.3 is 5.97 Å². The van der Waals surface area contributed by atoms with Gasteiger partial charge in [-0.3, -0.25) is 9.59 Å². The van der Waals surface area contributed by atoms with E-state index >= 15 is 0 Å². The molecule has 1 saturated heterocycles. The molecule has 1 amide bonds. The van der Waals surface area contributed by atoms with Crippen LogP contribution in [-0.2, 0) is 16.0 Å². The summed E-state index contributed by atoms with van der Waals surface area (Å²) in [5.74, 6) is -0.816. The Morgan fingerprint density at radius 1 is 1.50 bits per heavy atom. The second kappa shape index (κ2) is 5.74. The van der Waals surface area contributed by atoms with E-state index in [9.17, 15) is 14.7 Å². The Hall–Kier alpha value is -1.07. The van der Waals surface area contributed by atoms with Crippen LogP contribution in [0.2, 0.25) is 4.34 Å². The molecule has 0 radical (unpaired) electrons. The van der Waals surface area contributed by atoms with Gasteiger partial charge in [-0.05, 0) is 24.5 Å². The molecule has 1 atom stereocenters. The minimum absolute atomic E-state index is 0.00832. The Kier molecular flexibility index (Phi) is 4.39. The zero-order valence-corrected chi connectivity index (χ0v) is 13.1. The van der Waals surface area contributed by atoms with E-state index < -0.39 is 11.4 Å². The van der Waals surface area contributed by atoms with Crippen LogP contribution >= 0.6 is 22.9 Å². The largest absolute Gasteiger partial charge is 0.481 e. The van der Waals surface area contributed by atoms with Crippen molar-refractivity contribution in [3.8, 4) is 0 Å². The van der Waals surface area contributed by atoms with Gasteiger partial charge in [-0.2, -0.15) is 0 Å². The summed E-state index contributed by atoms with van der Waals surface area (Å²) >= 11 is 7.24. The lowest BCUT2D eigenvalue weighted by molar-refractivity contribution is -0.151. The number of carboxylic acid groups (broad SMARTS) is 1. The normalized spacial score (nSPS) is 22.5. The number of halogens is 1. The Labute approximate surface area is 127 Å². The highest BCUT2D eigenvalue weighted by Crippen LogP contribution is 2.38. The van der Waals surface area contributed by atoms with Crippen molar-refractivity contribution in [1.82, 2.24) is 4.90 Å². The number of rotatable bonds is 4. The molecule has 2 heterocycles. The number of amides is 1. The third-order valence-corrected chi connectivity index (χ3v) is 5.37. The van der Waals surface area contributed by atoms with Crippen molar-refractivity contribution < 1.29 is 14.7 Å². The maximum absolute atomic E-state index is 12.3. The number of hydrogen-bond acceptors (Lipinski definition) is 3. The van der Waals surface area contributed by atoms with Gasteiger partial charge in [0.05, 0.1) is 16.2 Å².